The third kappa shape index (κ3) is 2.59. The Kier molecular flexibility index (Phi) is 3.68. The first kappa shape index (κ1) is 12.8. The predicted molar refractivity (Wildman–Crippen MR) is 77.0 cm³/mol. The highest BCUT2D eigenvalue weighted by atomic mass is 15.4. The third-order valence-electron chi connectivity index (χ3n) is 4.54. The lowest BCUT2D eigenvalue weighted by Crippen LogP contribution is -2.66. The number of rotatable bonds is 4. The topological polar surface area (TPSA) is 57.4 Å². The van der Waals surface area contributed by atoms with Crippen molar-refractivity contribution < 1.29 is 0 Å². The van der Waals surface area contributed by atoms with Crippen LogP contribution >= 0.6 is 0 Å². The summed E-state index contributed by atoms with van der Waals surface area (Å²) < 4.78 is 0. The molecule has 2 unspecified atom stereocenters. The van der Waals surface area contributed by atoms with Gasteiger partial charge in [-0.3, -0.25) is 14.8 Å². The van der Waals surface area contributed by atoms with E-state index < -0.39 is 0 Å². The number of piperazine rings is 3. The highest BCUT2D eigenvalue weighted by Gasteiger charge is 2.36. The van der Waals surface area contributed by atoms with Gasteiger partial charge < -0.3 is 11.1 Å². The molecule has 2 bridgehead atoms. The molecule has 0 saturated carbocycles. The van der Waals surface area contributed by atoms with Crippen LogP contribution in [0.5, 0.6) is 0 Å². The Labute approximate surface area is 114 Å². The largest absolute Gasteiger partial charge is 0.398 e. The fourth-order valence-electron chi connectivity index (χ4n) is 3.32. The van der Waals surface area contributed by atoms with E-state index in [0.717, 1.165) is 17.7 Å². The Bertz CT molecular complexity index is 428. The van der Waals surface area contributed by atoms with Crippen molar-refractivity contribution in [1.29, 1.82) is 0 Å². The molecule has 3 aliphatic rings. The second-order valence-electron chi connectivity index (χ2n) is 5.58. The summed E-state index contributed by atoms with van der Waals surface area (Å²) in [5, 5.41) is 3.48. The molecular formula is C14H23N5. The summed E-state index contributed by atoms with van der Waals surface area (Å²) in [6.07, 6.45) is 4.60. The summed E-state index contributed by atoms with van der Waals surface area (Å²) in [6, 6.07) is 2.92. The van der Waals surface area contributed by atoms with Gasteiger partial charge in [-0.15, -0.1) is 0 Å². The van der Waals surface area contributed by atoms with E-state index in [9.17, 15) is 0 Å². The monoisotopic (exact) mass is 261 g/mol. The molecule has 19 heavy (non-hydrogen) atoms. The first-order chi connectivity index (χ1) is 9.28. The van der Waals surface area contributed by atoms with Gasteiger partial charge in [-0.05, 0) is 25.1 Å². The van der Waals surface area contributed by atoms with Crippen molar-refractivity contribution in [3.8, 4) is 0 Å². The molecule has 104 valence electrons. The van der Waals surface area contributed by atoms with Crippen LogP contribution < -0.4 is 11.1 Å². The Morgan fingerprint density at radius 1 is 1.42 bits per heavy atom. The molecular weight excluding hydrogens is 238 g/mol. The first-order valence-electron chi connectivity index (χ1n) is 7.10. The van der Waals surface area contributed by atoms with Crippen LogP contribution in [0.15, 0.2) is 18.5 Å². The maximum Gasteiger partial charge on any atom is 0.0380 e. The van der Waals surface area contributed by atoms with Crippen LogP contribution in [-0.4, -0.2) is 66.6 Å². The number of hydrogen-bond donors (Lipinski definition) is 2. The van der Waals surface area contributed by atoms with E-state index >= 15 is 0 Å². The highest BCUT2D eigenvalue weighted by molar-refractivity contribution is 5.44. The van der Waals surface area contributed by atoms with Gasteiger partial charge >= 0.3 is 0 Å². The van der Waals surface area contributed by atoms with E-state index in [-0.39, 0.29) is 0 Å². The molecule has 5 heteroatoms. The zero-order valence-electron chi connectivity index (χ0n) is 11.5. The molecule has 4 rings (SSSR count). The first-order valence-corrected chi connectivity index (χ1v) is 7.10. The molecule has 2 atom stereocenters. The Hall–Kier alpha value is -1.17. The number of likely N-dealkylation sites (N-methyl/N-ethyl adjacent to an activating group) is 1. The summed E-state index contributed by atoms with van der Waals surface area (Å²) >= 11 is 0. The van der Waals surface area contributed by atoms with E-state index in [1.54, 1.807) is 6.20 Å². The molecule has 3 saturated heterocycles. The molecule has 1 aromatic heterocycles. The van der Waals surface area contributed by atoms with Crippen molar-refractivity contribution in [1.82, 2.24) is 20.1 Å². The average Bonchev–Trinajstić information content (AvgIpc) is 2.47. The van der Waals surface area contributed by atoms with E-state index in [1.165, 1.54) is 32.7 Å². The molecule has 3 fully saturated rings. The van der Waals surface area contributed by atoms with Crippen molar-refractivity contribution in [3.63, 3.8) is 0 Å². The van der Waals surface area contributed by atoms with Gasteiger partial charge in [0.1, 0.15) is 0 Å². The SMILES string of the molecule is CNC(Cc1cnccc1N)C1CN2CCN1CC2. The van der Waals surface area contributed by atoms with Crippen molar-refractivity contribution in [2.45, 2.75) is 18.5 Å². The van der Waals surface area contributed by atoms with Crippen molar-refractivity contribution in [2.75, 3.05) is 45.5 Å². The Balaban J connectivity index is 1.73. The minimum atomic E-state index is 0.439. The van der Waals surface area contributed by atoms with E-state index in [0.29, 0.717) is 12.1 Å². The second-order valence-corrected chi connectivity index (χ2v) is 5.58. The number of nitrogen functional groups attached to an aromatic ring is 1. The standard InChI is InChI=1S/C14H23N5/c1-16-13(8-11-9-17-3-2-12(11)15)14-10-18-4-6-19(14)7-5-18/h2-3,9,13-14,16H,4-8,10H2,1H3,(H2,15,17). The predicted octanol–water partition coefficient (Wildman–Crippen LogP) is -0.206. The van der Waals surface area contributed by atoms with Gasteiger partial charge in [-0.25, -0.2) is 0 Å². The van der Waals surface area contributed by atoms with Gasteiger partial charge in [0, 0.05) is 62.9 Å². The maximum absolute atomic E-state index is 6.04. The van der Waals surface area contributed by atoms with Crippen LogP contribution in [0.1, 0.15) is 5.56 Å². The molecule has 0 radical (unpaired) electrons. The third-order valence-corrected chi connectivity index (χ3v) is 4.54. The van der Waals surface area contributed by atoms with Gasteiger partial charge in [-0.2, -0.15) is 0 Å². The molecule has 3 N–H and O–H groups in total. The molecule has 4 heterocycles. The average molecular weight is 261 g/mol. The summed E-state index contributed by atoms with van der Waals surface area (Å²) in [4.78, 5) is 9.38. The van der Waals surface area contributed by atoms with Crippen molar-refractivity contribution >= 4 is 5.69 Å². The summed E-state index contributed by atoms with van der Waals surface area (Å²) in [5.74, 6) is 0. The number of hydrogen-bond acceptors (Lipinski definition) is 5. The van der Waals surface area contributed by atoms with Crippen LogP contribution in [0.25, 0.3) is 0 Å². The fraction of sp³-hybridized carbons (Fsp3) is 0.643. The van der Waals surface area contributed by atoms with Gasteiger partial charge in [-0.1, -0.05) is 0 Å². The minimum absolute atomic E-state index is 0.439. The fourth-order valence-corrected chi connectivity index (χ4v) is 3.32. The van der Waals surface area contributed by atoms with E-state index in [4.69, 9.17) is 5.73 Å². The molecule has 5 nitrogen and oxygen atoms in total. The summed E-state index contributed by atoms with van der Waals surface area (Å²) in [5.41, 5.74) is 8.04. The number of fused-ring (bicyclic) bond motifs is 3. The highest BCUT2D eigenvalue weighted by Crippen LogP contribution is 2.21. The molecule has 3 aliphatic heterocycles. The minimum Gasteiger partial charge on any atom is -0.398 e. The number of aromatic nitrogens is 1. The number of nitrogens with one attached hydrogen (secondary N) is 1. The Morgan fingerprint density at radius 3 is 2.79 bits per heavy atom. The van der Waals surface area contributed by atoms with Crippen LogP contribution in [-0.2, 0) is 6.42 Å². The molecule has 0 spiro atoms. The maximum atomic E-state index is 6.04. The number of nitrogens with two attached hydrogens (primary N) is 1. The Morgan fingerprint density at radius 2 is 2.21 bits per heavy atom. The van der Waals surface area contributed by atoms with Crippen LogP contribution in [0, 0.1) is 0 Å². The van der Waals surface area contributed by atoms with Crippen LogP contribution in [0.2, 0.25) is 0 Å². The second kappa shape index (κ2) is 5.45. The van der Waals surface area contributed by atoms with Gasteiger partial charge in [0.2, 0.25) is 0 Å². The lowest BCUT2D eigenvalue weighted by atomic mass is 9.94. The van der Waals surface area contributed by atoms with Crippen molar-refractivity contribution in [2.24, 2.45) is 0 Å². The summed E-state index contributed by atoms with van der Waals surface area (Å²) in [7, 11) is 2.05. The zero-order chi connectivity index (χ0) is 13.2. The number of pyridine rings is 1. The molecule has 0 aromatic carbocycles. The van der Waals surface area contributed by atoms with Gasteiger partial charge in [0.25, 0.3) is 0 Å². The summed E-state index contributed by atoms with van der Waals surface area (Å²) in [6.45, 7) is 6.02. The van der Waals surface area contributed by atoms with Crippen LogP contribution in [0.4, 0.5) is 5.69 Å². The lowest BCUT2D eigenvalue weighted by Gasteiger charge is -2.50. The number of anilines is 1. The molecule has 0 amide bonds. The lowest BCUT2D eigenvalue weighted by molar-refractivity contribution is -0.00200. The zero-order valence-corrected chi connectivity index (χ0v) is 11.5. The normalized spacial score (nSPS) is 31.3. The smallest absolute Gasteiger partial charge is 0.0380 e. The molecule has 1 aromatic rings. The van der Waals surface area contributed by atoms with Gasteiger partial charge in [0.05, 0.1) is 0 Å². The van der Waals surface area contributed by atoms with Gasteiger partial charge in [0.15, 0.2) is 0 Å². The van der Waals surface area contributed by atoms with E-state index in [1.807, 2.05) is 12.3 Å². The van der Waals surface area contributed by atoms with Crippen molar-refractivity contribution in [3.05, 3.63) is 24.0 Å². The number of nitrogens with zero attached hydrogens (tertiary/aromatic N) is 3. The van der Waals surface area contributed by atoms with E-state index in [2.05, 4.69) is 27.1 Å². The quantitative estimate of drug-likeness (QED) is 0.786. The van der Waals surface area contributed by atoms with Crippen LogP contribution in [0.3, 0.4) is 0 Å². The molecule has 0 aliphatic carbocycles.